The highest BCUT2D eigenvalue weighted by molar-refractivity contribution is 8.00. The van der Waals surface area contributed by atoms with Crippen LogP contribution < -0.4 is 19.1 Å². The van der Waals surface area contributed by atoms with Crippen molar-refractivity contribution >= 4 is 45.7 Å². The fraction of sp³-hybridized carbons (Fsp3) is 0.333. The maximum Gasteiger partial charge on any atom is 0.301 e. The Labute approximate surface area is 282 Å². The molecule has 1 amide bonds. The zero-order valence-corrected chi connectivity index (χ0v) is 28.4. The van der Waals surface area contributed by atoms with Crippen molar-refractivity contribution in [2.45, 2.75) is 62.8 Å². The molecule has 11 heteroatoms. The minimum Gasteiger partial charge on any atom is -0.507 e. The third kappa shape index (κ3) is 7.01. The van der Waals surface area contributed by atoms with E-state index in [0.717, 1.165) is 23.3 Å². The Balaban J connectivity index is 1.41. The molecule has 2 atom stereocenters. The molecular formula is C36H37N3O6S2. The minimum atomic E-state index is -0.984. The summed E-state index contributed by atoms with van der Waals surface area (Å²) in [5, 5.41) is 20.7. The predicted molar refractivity (Wildman–Crippen MR) is 183 cm³/mol. The largest absolute Gasteiger partial charge is 0.507 e. The number of ketones is 1. The zero-order chi connectivity index (χ0) is 33.1. The lowest BCUT2D eigenvalue weighted by Gasteiger charge is -2.24. The van der Waals surface area contributed by atoms with Gasteiger partial charge in [-0.15, -0.1) is 10.2 Å². The van der Waals surface area contributed by atoms with Crippen LogP contribution in [0.4, 0.5) is 5.13 Å². The van der Waals surface area contributed by atoms with Crippen LogP contribution in [-0.4, -0.2) is 46.3 Å². The number of ether oxygens (including phenoxy) is 3. The Bertz CT molecular complexity index is 1810. The molecule has 0 saturated carbocycles. The number of rotatable bonds is 12. The summed E-state index contributed by atoms with van der Waals surface area (Å²) in [6.45, 7) is 9.03. The number of benzene rings is 3. The van der Waals surface area contributed by atoms with E-state index in [-0.39, 0.29) is 22.6 Å². The van der Waals surface area contributed by atoms with Crippen LogP contribution in [0, 0.1) is 5.92 Å². The van der Waals surface area contributed by atoms with Crippen LogP contribution in [0.3, 0.4) is 0 Å². The lowest BCUT2D eigenvalue weighted by atomic mass is 9.94. The second-order valence-electron chi connectivity index (χ2n) is 11.9. The number of fused-ring (bicyclic) bond motifs is 1. The van der Waals surface area contributed by atoms with E-state index in [4.69, 9.17) is 14.2 Å². The van der Waals surface area contributed by atoms with Crippen LogP contribution in [-0.2, 0) is 21.8 Å². The average molecular weight is 672 g/mol. The number of thioether (sulfide) groups is 1. The molecule has 1 aromatic heterocycles. The summed E-state index contributed by atoms with van der Waals surface area (Å²) < 4.78 is 18.5. The molecule has 2 aliphatic heterocycles. The third-order valence-corrected chi connectivity index (χ3v) is 10.1. The van der Waals surface area contributed by atoms with Gasteiger partial charge in [0.1, 0.15) is 17.6 Å². The molecule has 4 aromatic rings. The normalized spacial score (nSPS) is 18.4. The van der Waals surface area contributed by atoms with E-state index in [9.17, 15) is 14.7 Å². The highest BCUT2D eigenvalue weighted by Crippen LogP contribution is 2.46. The Morgan fingerprint density at radius 3 is 2.64 bits per heavy atom. The van der Waals surface area contributed by atoms with Crippen LogP contribution in [0.2, 0.25) is 0 Å². The molecular weight excluding hydrogens is 635 g/mol. The molecule has 0 radical (unpaired) electrons. The van der Waals surface area contributed by atoms with Gasteiger partial charge in [-0.2, -0.15) is 0 Å². The number of hydrogen-bond acceptors (Lipinski definition) is 10. The van der Waals surface area contributed by atoms with Gasteiger partial charge in [-0.25, -0.2) is 0 Å². The topological polar surface area (TPSA) is 111 Å². The van der Waals surface area contributed by atoms with Crippen LogP contribution in [0.5, 0.6) is 17.2 Å². The molecule has 9 nitrogen and oxygen atoms in total. The van der Waals surface area contributed by atoms with Crippen molar-refractivity contribution in [3.63, 3.8) is 0 Å². The molecule has 2 aliphatic rings. The van der Waals surface area contributed by atoms with Gasteiger partial charge >= 0.3 is 5.91 Å². The molecule has 6 rings (SSSR count). The van der Waals surface area contributed by atoms with Gasteiger partial charge < -0.3 is 19.3 Å². The summed E-state index contributed by atoms with van der Waals surface area (Å²) in [5.74, 6) is 1.08. The number of aliphatic hydroxyl groups is 1. The fourth-order valence-corrected chi connectivity index (χ4v) is 7.46. The third-order valence-electron chi connectivity index (χ3n) is 7.96. The monoisotopic (exact) mass is 671 g/mol. The summed E-state index contributed by atoms with van der Waals surface area (Å²) >= 11 is 2.73. The highest BCUT2D eigenvalue weighted by Gasteiger charge is 2.48. The predicted octanol–water partition coefficient (Wildman–Crippen LogP) is 7.60. The van der Waals surface area contributed by atoms with Crippen molar-refractivity contribution < 1.29 is 28.9 Å². The molecule has 0 bridgehead atoms. The molecule has 3 heterocycles. The van der Waals surface area contributed by atoms with E-state index >= 15 is 0 Å². The standard InChI is InChI=1S/C36H37N3O6S2/c1-5-43-29-19-24(11-14-28(29)44-16-15-21(2)3)31-30(32(40)25-12-13-27-26(18-25)17-22(4)45-27)33(41)34(42)39(31)35-37-38-36(47-35)46-20-23-9-7-6-8-10-23/h6-14,18-19,21-22,31,40H,5,15-17,20H2,1-4H3/b32-30+/t22-,31+/m1/s1. The van der Waals surface area contributed by atoms with Gasteiger partial charge in [-0.3, -0.25) is 14.5 Å². The quantitative estimate of drug-likeness (QED) is 0.0535. The summed E-state index contributed by atoms with van der Waals surface area (Å²) in [5.41, 5.74) is 3.02. The van der Waals surface area contributed by atoms with Gasteiger partial charge in [0.15, 0.2) is 15.8 Å². The summed E-state index contributed by atoms with van der Waals surface area (Å²) in [6.07, 6.45) is 1.57. The zero-order valence-electron chi connectivity index (χ0n) is 26.8. The van der Waals surface area contributed by atoms with E-state index in [1.54, 1.807) is 30.3 Å². The number of carbonyl (C=O) groups excluding carboxylic acids is 2. The minimum absolute atomic E-state index is 0.0117. The van der Waals surface area contributed by atoms with Crippen molar-refractivity contribution in [1.82, 2.24) is 10.2 Å². The smallest absolute Gasteiger partial charge is 0.301 e. The summed E-state index contributed by atoms with van der Waals surface area (Å²) in [4.78, 5) is 29.0. The van der Waals surface area contributed by atoms with Gasteiger partial charge in [0.2, 0.25) is 5.13 Å². The molecule has 1 fully saturated rings. The first-order valence-corrected chi connectivity index (χ1v) is 17.5. The number of aliphatic hydroxyl groups excluding tert-OH is 1. The molecule has 47 heavy (non-hydrogen) atoms. The van der Waals surface area contributed by atoms with Crippen molar-refractivity contribution in [1.29, 1.82) is 0 Å². The number of aromatic nitrogens is 2. The van der Waals surface area contributed by atoms with Crippen molar-refractivity contribution in [3.8, 4) is 17.2 Å². The second-order valence-corrected chi connectivity index (χ2v) is 14.1. The molecule has 1 saturated heterocycles. The number of hydrogen-bond donors (Lipinski definition) is 1. The number of nitrogens with zero attached hydrogens (tertiary/aromatic N) is 3. The number of anilines is 1. The summed E-state index contributed by atoms with van der Waals surface area (Å²) in [6, 6.07) is 19.7. The van der Waals surface area contributed by atoms with Crippen LogP contribution in [0.1, 0.15) is 62.4 Å². The Morgan fingerprint density at radius 1 is 1.06 bits per heavy atom. The lowest BCUT2D eigenvalue weighted by molar-refractivity contribution is -0.132. The summed E-state index contributed by atoms with van der Waals surface area (Å²) in [7, 11) is 0. The van der Waals surface area contributed by atoms with E-state index in [2.05, 4.69) is 24.0 Å². The van der Waals surface area contributed by atoms with Gasteiger partial charge in [0.05, 0.1) is 24.8 Å². The van der Waals surface area contributed by atoms with Gasteiger partial charge in [0, 0.05) is 17.7 Å². The van der Waals surface area contributed by atoms with E-state index in [1.165, 1.54) is 28.0 Å². The Hall–Kier alpha value is -4.35. The van der Waals surface area contributed by atoms with Crippen LogP contribution >= 0.6 is 23.1 Å². The second kappa shape index (κ2) is 14.2. The van der Waals surface area contributed by atoms with E-state index < -0.39 is 17.7 Å². The first-order valence-electron chi connectivity index (χ1n) is 15.7. The lowest BCUT2D eigenvalue weighted by Crippen LogP contribution is -2.29. The molecule has 0 unspecified atom stereocenters. The maximum absolute atomic E-state index is 13.8. The number of carbonyl (C=O) groups is 2. The average Bonchev–Trinajstić information content (AvgIpc) is 3.75. The maximum atomic E-state index is 13.8. The van der Waals surface area contributed by atoms with E-state index in [1.807, 2.05) is 50.2 Å². The molecule has 244 valence electrons. The van der Waals surface area contributed by atoms with Gasteiger partial charge in [-0.05, 0) is 73.2 Å². The highest BCUT2D eigenvalue weighted by atomic mass is 32.2. The van der Waals surface area contributed by atoms with Crippen LogP contribution in [0.15, 0.2) is 76.6 Å². The van der Waals surface area contributed by atoms with Gasteiger partial charge in [-0.1, -0.05) is 73.3 Å². The Kier molecular flexibility index (Phi) is 9.84. The fourth-order valence-electron chi connectivity index (χ4n) is 5.63. The molecule has 1 N–H and O–H groups in total. The first-order chi connectivity index (χ1) is 22.7. The molecule has 3 aromatic carbocycles. The SMILES string of the molecule is CCOc1cc([C@H]2/C(=C(\O)c3ccc4c(c3)C[C@@H](C)O4)C(=O)C(=O)N2c2nnc(SCc3ccccc3)s2)ccc1OCCC(C)C. The Morgan fingerprint density at radius 2 is 1.87 bits per heavy atom. The first kappa shape index (κ1) is 32.6. The molecule has 0 spiro atoms. The van der Waals surface area contributed by atoms with Crippen LogP contribution in [0.25, 0.3) is 5.76 Å². The van der Waals surface area contributed by atoms with Crippen molar-refractivity contribution in [2.75, 3.05) is 18.1 Å². The van der Waals surface area contributed by atoms with Crippen molar-refractivity contribution in [2.24, 2.45) is 5.92 Å². The van der Waals surface area contributed by atoms with Crippen molar-refractivity contribution in [3.05, 3.63) is 94.6 Å². The number of Topliss-reactive ketones (excluding diaryl/α,β-unsaturated/α-hetero) is 1. The van der Waals surface area contributed by atoms with E-state index in [0.29, 0.717) is 58.3 Å². The number of amides is 1. The molecule has 0 aliphatic carbocycles. The van der Waals surface area contributed by atoms with Gasteiger partial charge in [0.25, 0.3) is 5.78 Å².